The van der Waals surface area contributed by atoms with E-state index in [4.69, 9.17) is 14.0 Å². The molecule has 3 aromatic carbocycles. The molecule has 38 heavy (non-hydrogen) atoms. The first-order valence-corrected chi connectivity index (χ1v) is 13.0. The summed E-state index contributed by atoms with van der Waals surface area (Å²) in [5, 5.41) is 12.8. The Hall–Kier alpha value is -3.55. The van der Waals surface area contributed by atoms with Crippen molar-refractivity contribution >= 4 is 19.3 Å². The van der Waals surface area contributed by atoms with Gasteiger partial charge >= 0.3 is 13.2 Å². The smallest absolute Gasteiger partial charge is 0.492 e. The normalized spacial score (nSPS) is 17.7. The lowest BCUT2D eigenvalue weighted by Crippen LogP contribution is -2.41. The number of aromatic hydroxyl groups is 1. The summed E-state index contributed by atoms with van der Waals surface area (Å²) >= 11 is 0. The summed E-state index contributed by atoms with van der Waals surface area (Å²) in [5.74, 6) is 0.224. The molecule has 1 saturated heterocycles. The van der Waals surface area contributed by atoms with Gasteiger partial charge in [-0.15, -0.1) is 0 Å². The number of rotatable bonds is 6. The molecule has 0 bridgehead atoms. The average Bonchev–Trinajstić information content (AvgIpc) is 3.31. The molecule has 0 radical (unpaired) electrons. The molecular weight excluding hydrogens is 477 g/mol. The quantitative estimate of drug-likeness (QED) is 0.383. The molecule has 196 valence electrons. The topological polar surface area (TPSA) is 77.0 Å². The summed E-state index contributed by atoms with van der Waals surface area (Å²) in [7, 11) is -0.636. The standard InChI is InChI=1S/C31H34BNO5/c1-20-16-21(14-15-28(20)34)17-22(32-37-30(2,3)31(4,5)38-32)18-33-29(35)36-19-27-25-12-8-6-10-23(25)24-11-7-9-13-26(24)27/h6-17,27,34H,18-19H2,1-5H3,(H,33,35). The maximum absolute atomic E-state index is 12.9. The fourth-order valence-corrected chi connectivity index (χ4v) is 5.00. The van der Waals surface area contributed by atoms with Crippen molar-refractivity contribution in [1.82, 2.24) is 5.32 Å². The Morgan fingerprint density at radius 1 is 0.974 bits per heavy atom. The second-order valence-electron chi connectivity index (χ2n) is 11.0. The highest BCUT2D eigenvalue weighted by Gasteiger charge is 2.52. The molecule has 1 aliphatic heterocycles. The minimum atomic E-state index is -0.636. The summed E-state index contributed by atoms with van der Waals surface area (Å²) in [6.45, 7) is 10.3. The maximum atomic E-state index is 12.9. The molecule has 1 aliphatic carbocycles. The molecule has 0 atom stereocenters. The molecule has 7 heteroatoms. The van der Waals surface area contributed by atoms with Crippen molar-refractivity contribution in [3.8, 4) is 16.9 Å². The number of hydrogen-bond acceptors (Lipinski definition) is 5. The zero-order valence-electron chi connectivity index (χ0n) is 22.6. The van der Waals surface area contributed by atoms with Crippen molar-refractivity contribution in [3.05, 3.63) is 94.5 Å². The second-order valence-corrected chi connectivity index (χ2v) is 11.0. The number of fused-ring (bicyclic) bond motifs is 3. The lowest BCUT2D eigenvalue weighted by atomic mass is 9.77. The van der Waals surface area contributed by atoms with E-state index in [1.54, 1.807) is 6.07 Å². The Morgan fingerprint density at radius 2 is 1.55 bits per heavy atom. The Balaban J connectivity index is 1.30. The summed E-state index contributed by atoms with van der Waals surface area (Å²) in [5.41, 5.74) is 6.05. The minimum Gasteiger partial charge on any atom is -0.508 e. The number of aryl methyl sites for hydroxylation is 1. The van der Waals surface area contributed by atoms with Crippen LogP contribution >= 0.6 is 0 Å². The van der Waals surface area contributed by atoms with E-state index in [1.165, 1.54) is 22.3 Å². The van der Waals surface area contributed by atoms with Crippen LogP contribution < -0.4 is 5.32 Å². The van der Waals surface area contributed by atoms with Crippen molar-refractivity contribution in [2.24, 2.45) is 0 Å². The van der Waals surface area contributed by atoms with E-state index in [-0.39, 0.29) is 24.8 Å². The van der Waals surface area contributed by atoms with Gasteiger partial charge in [0.1, 0.15) is 12.4 Å². The van der Waals surface area contributed by atoms with Crippen molar-refractivity contribution in [2.45, 2.75) is 51.7 Å². The first-order chi connectivity index (χ1) is 18.1. The van der Waals surface area contributed by atoms with Gasteiger partial charge < -0.3 is 24.5 Å². The number of phenolic OH excluding ortho intramolecular Hbond substituents is 1. The van der Waals surface area contributed by atoms with Crippen LogP contribution in [0.25, 0.3) is 17.2 Å². The van der Waals surface area contributed by atoms with E-state index >= 15 is 0 Å². The van der Waals surface area contributed by atoms with Gasteiger partial charge in [-0.05, 0) is 85.6 Å². The number of hydrogen-bond donors (Lipinski definition) is 2. The van der Waals surface area contributed by atoms with Crippen LogP contribution in [0.3, 0.4) is 0 Å². The molecule has 2 N–H and O–H groups in total. The molecule has 6 nitrogen and oxygen atoms in total. The third kappa shape index (κ3) is 4.96. The Morgan fingerprint density at radius 3 is 2.13 bits per heavy atom. The largest absolute Gasteiger partial charge is 0.508 e. The number of phenols is 1. The lowest BCUT2D eigenvalue weighted by Gasteiger charge is -2.32. The molecule has 0 unspecified atom stereocenters. The van der Waals surface area contributed by atoms with Gasteiger partial charge in [-0.1, -0.05) is 60.7 Å². The van der Waals surface area contributed by atoms with Crippen LogP contribution in [0.15, 0.2) is 72.2 Å². The van der Waals surface area contributed by atoms with Gasteiger partial charge in [0.2, 0.25) is 0 Å². The number of nitrogens with one attached hydrogen (secondary N) is 1. The van der Waals surface area contributed by atoms with Crippen LogP contribution in [-0.2, 0) is 14.0 Å². The highest BCUT2D eigenvalue weighted by Crippen LogP contribution is 2.44. The van der Waals surface area contributed by atoms with Gasteiger partial charge in [0.05, 0.1) is 11.2 Å². The van der Waals surface area contributed by atoms with Crippen molar-refractivity contribution < 1.29 is 23.9 Å². The van der Waals surface area contributed by atoms with Crippen LogP contribution in [0.4, 0.5) is 4.79 Å². The number of carbonyl (C=O) groups is 1. The van der Waals surface area contributed by atoms with Crippen molar-refractivity contribution in [3.63, 3.8) is 0 Å². The molecule has 5 rings (SSSR count). The Labute approximate surface area is 224 Å². The number of benzene rings is 3. The van der Waals surface area contributed by atoms with Crippen LogP contribution in [0.5, 0.6) is 5.75 Å². The van der Waals surface area contributed by atoms with E-state index in [9.17, 15) is 9.90 Å². The molecule has 1 amide bonds. The first kappa shape index (κ1) is 26.1. The SMILES string of the molecule is Cc1cc(C=C(CNC(=O)OCC2c3ccccc3-c3ccccc32)B2OC(C)(C)C(C)(C)O2)ccc1O. The van der Waals surface area contributed by atoms with Crippen molar-refractivity contribution in [1.29, 1.82) is 0 Å². The summed E-state index contributed by atoms with van der Waals surface area (Å²) < 4.78 is 18.3. The third-order valence-corrected chi connectivity index (χ3v) is 7.91. The van der Waals surface area contributed by atoms with Gasteiger partial charge in [-0.3, -0.25) is 0 Å². The van der Waals surface area contributed by atoms with Crippen molar-refractivity contribution in [2.75, 3.05) is 13.2 Å². The summed E-state index contributed by atoms with van der Waals surface area (Å²) in [6, 6.07) is 21.9. The Bertz CT molecular complexity index is 1340. The highest BCUT2D eigenvalue weighted by molar-refractivity contribution is 6.56. The van der Waals surface area contributed by atoms with Crippen LogP contribution in [-0.4, -0.2) is 42.7 Å². The fraction of sp³-hybridized carbons (Fsp3) is 0.323. The third-order valence-electron chi connectivity index (χ3n) is 7.91. The lowest BCUT2D eigenvalue weighted by molar-refractivity contribution is 0.00578. The molecular formula is C31H34BNO5. The summed E-state index contributed by atoms with van der Waals surface area (Å²) in [4.78, 5) is 12.9. The van der Waals surface area contributed by atoms with Gasteiger partial charge in [0.15, 0.2) is 0 Å². The first-order valence-electron chi connectivity index (χ1n) is 13.0. The maximum Gasteiger partial charge on any atom is 0.492 e. The van der Waals surface area contributed by atoms with Gasteiger partial charge in [0, 0.05) is 12.5 Å². The van der Waals surface area contributed by atoms with E-state index in [0.29, 0.717) is 0 Å². The molecule has 0 aromatic heterocycles. The number of alkyl carbamates (subject to hydrolysis) is 1. The van der Waals surface area contributed by atoms with E-state index in [2.05, 4.69) is 29.6 Å². The van der Waals surface area contributed by atoms with Gasteiger partial charge in [-0.2, -0.15) is 0 Å². The molecule has 1 fully saturated rings. The highest BCUT2D eigenvalue weighted by atomic mass is 16.7. The van der Waals surface area contributed by atoms with E-state index in [1.807, 2.05) is 77.1 Å². The fourth-order valence-electron chi connectivity index (χ4n) is 5.00. The molecule has 0 spiro atoms. The van der Waals surface area contributed by atoms with Gasteiger partial charge in [-0.25, -0.2) is 4.79 Å². The Kier molecular flexibility index (Phi) is 6.84. The molecule has 3 aromatic rings. The summed E-state index contributed by atoms with van der Waals surface area (Å²) in [6.07, 6.45) is 1.43. The molecule has 2 aliphatic rings. The monoisotopic (exact) mass is 511 g/mol. The minimum absolute atomic E-state index is 0.00812. The van der Waals surface area contributed by atoms with E-state index in [0.717, 1.165) is 16.6 Å². The van der Waals surface area contributed by atoms with Gasteiger partial charge in [0.25, 0.3) is 0 Å². The second kappa shape index (κ2) is 9.97. The zero-order valence-corrected chi connectivity index (χ0v) is 22.6. The average molecular weight is 511 g/mol. The predicted molar refractivity (Wildman–Crippen MR) is 150 cm³/mol. The number of amides is 1. The number of ether oxygens (including phenoxy) is 1. The molecule has 0 saturated carbocycles. The van der Waals surface area contributed by atoms with Crippen LogP contribution in [0.1, 0.15) is 55.9 Å². The predicted octanol–water partition coefficient (Wildman–Crippen LogP) is 6.25. The zero-order chi connectivity index (χ0) is 27.1. The van der Waals surface area contributed by atoms with Crippen LogP contribution in [0.2, 0.25) is 0 Å². The van der Waals surface area contributed by atoms with E-state index < -0.39 is 24.4 Å². The number of carbonyl (C=O) groups excluding carboxylic acids is 1. The van der Waals surface area contributed by atoms with Crippen LogP contribution in [0, 0.1) is 6.92 Å². The molecule has 1 heterocycles.